The van der Waals surface area contributed by atoms with Gasteiger partial charge in [0, 0.05) is 24.2 Å². The molecular formula is C15H18FN3S. The van der Waals surface area contributed by atoms with Crippen molar-refractivity contribution < 1.29 is 4.39 Å². The first kappa shape index (κ1) is 13.4. The highest BCUT2D eigenvalue weighted by molar-refractivity contribution is 7.07. The molecule has 0 aliphatic carbocycles. The molecule has 0 radical (unpaired) electrons. The van der Waals surface area contributed by atoms with E-state index in [2.05, 4.69) is 15.2 Å². The standard InChI is InChI=1S/C15H18FN3S/c1-11(14-9-20-10-17-14)18-12-4-5-15(13(16)8-12)19-6-2-3-7-19/h4-5,8-11,18H,2-3,6-7H2,1H3. The maximum Gasteiger partial charge on any atom is 0.148 e. The maximum absolute atomic E-state index is 14.2. The number of rotatable bonds is 4. The zero-order valence-corrected chi connectivity index (χ0v) is 12.3. The molecule has 106 valence electrons. The summed E-state index contributed by atoms with van der Waals surface area (Å²) in [4.78, 5) is 6.38. The maximum atomic E-state index is 14.2. The second-order valence-corrected chi connectivity index (χ2v) is 5.86. The molecule has 0 amide bonds. The van der Waals surface area contributed by atoms with E-state index in [9.17, 15) is 4.39 Å². The van der Waals surface area contributed by atoms with Crippen molar-refractivity contribution in [2.45, 2.75) is 25.8 Å². The molecule has 1 fully saturated rings. The third-order valence-corrected chi connectivity index (χ3v) is 4.28. The van der Waals surface area contributed by atoms with E-state index in [1.807, 2.05) is 29.9 Å². The lowest BCUT2D eigenvalue weighted by atomic mass is 10.2. The SMILES string of the molecule is CC(Nc1ccc(N2CCCC2)c(F)c1)c1cscn1. The molecule has 1 aromatic carbocycles. The Morgan fingerprint density at radius 1 is 1.35 bits per heavy atom. The summed E-state index contributed by atoms with van der Waals surface area (Å²) in [7, 11) is 0. The van der Waals surface area contributed by atoms with Crippen molar-refractivity contribution in [3.05, 3.63) is 40.6 Å². The fourth-order valence-electron chi connectivity index (χ4n) is 2.57. The summed E-state index contributed by atoms with van der Waals surface area (Å²) in [6.07, 6.45) is 2.31. The number of anilines is 2. The van der Waals surface area contributed by atoms with Gasteiger partial charge < -0.3 is 10.2 Å². The minimum absolute atomic E-state index is 0.0817. The van der Waals surface area contributed by atoms with E-state index < -0.39 is 0 Å². The van der Waals surface area contributed by atoms with Gasteiger partial charge in [-0.2, -0.15) is 0 Å². The van der Waals surface area contributed by atoms with Crippen LogP contribution in [0.25, 0.3) is 0 Å². The first-order valence-corrected chi connectivity index (χ1v) is 7.87. The first-order valence-electron chi connectivity index (χ1n) is 6.93. The molecule has 0 spiro atoms. The number of hydrogen-bond acceptors (Lipinski definition) is 4. The number of hydrogen-bond donors (Lipinski definition) is 1. The van der Waals surface area contributed by atoms with E-state index in [1.165, 1.54) is 0 Å². The molecule has 1 saturated heterocycles. The van der Waals surface area contributed by atoms with E-state index in [4.69, 9.17) is 0 Å². The summed E-state index contributed by atoms with van der Waals surface area (Å²) in [6, 6.07) is 5.48. The Labute approximate surface area is 122 Å². The summed E-state index contributed by atoms with van der Waals surface area (Å²) in [5, 5.41) is 5.30. The van der Waals surface area contributed by atoms with Crippen LogP contribution in [0.3, 0.4) is 0 Å². The Balaban J connectivity index is 1.73. The van der Waals surface area contributed by atoms with Gasteiger partial charge in [0.1, 0.15) is 5.82 Å². The topological polar surface area (TPSA) is 28.2 Å². The summed E-state index contributed by atoms with van der Waals surface area (Å²) in [5.74, 6) is -0.151. The smallest absolute Gasteiger partial charge is 0.148 e. The van der Waals surface area contributed by atoms with Gasteiger partial charge in [-0.05, 0) is 38.0 Å². The predicted octanol–water partition coefficient (Wildman–Crippen LogP) is 4.06. The Hall–Kier alpha value is -1.62. The Bertz CT molecular complexity index is 565. The minimum Gasteiger partial charge on any atom is -0.377 e. The predicted molar refractivity (Wildman–Crippen MR) is 82.0 cm³/mol. The molecule has 5 heteroatoms. The minimum atomic E-state index is -0.151. The van der Waals surface area contributed by atoms with Crippen LogP contribution < -0.4 is 10.2 Å². The number of benzene rings is 1. The van der Waals surface area contributed by atoms with Crippen LogP contribution in [0.2, 0.25) is 0 Å². The largest absolute Gasteiger partial charge is 0.377 e. The van der Waals surface area contributed by atoms with Crippen LogP contribution in [0.1, 0.15) is 31.5 Å². The van der Waals surface area contributed by atoms with Gasteiger partial charge in [-0.3, -0.25) is 0 Å². The van der Waals surface area contributed by atoms with Crippen molar-refractivity contribution >= 4 is 22.7 Å². The van der Waals surface area contributed by atoms with E-state index >= 15 is 0 Å². The average Bonchev–Trinajstić information content (AvgIpc) is 3.12. The molecule has 1 unspecified atom stereocenters. The van der Waals surface area contributed by atoms with Crippen molar-refractivity contribution in [3.63, 3.8) is 0 Å². The van der Waals surface area contributed by atoms with E-state index in [0.717, 1.165) is 43.0 Å². The fourth-order valence-corrected chi connectivity index (χ4v) is 3.22. The summed E-state index contributed by atoms with van der Waals surface area (Å²) in [5.41, 5.74) is 4.31. The van der Waals surface area contributed by atoms with E-state index in [1.54, 1.807) is 17.4 Å². The molecule has 1 aromatic heterocycles. The van der Waals surface area contributed by atoms with Gasteiger partial charge in [-0.1, -0.05) is 0 Å². The van der Waals surface area contributed by atoms with E-state index in [0.29, 0.717) is 0 Å². The third-order valence-electron chi connectivity index (χ3n) is 3.67. The van der Waals surface area contributed by atoms with Crippen LogP contribution in [0.5, 0.6) is 0 Å². The molecular weight excluding hydrogens is 273 g/mol. The summed E-state index contributed by atoms with van der Waals surface area (Å²) < 4.78 is 14.2. The number of halogens is 1. The molecule has 1 N–H and O–H groups in total. The van der Waals surface area contributed by atoms with Crippen molar-refractivity contribution in [2.75, 3.05) is 23.3 Å². The molecule has 2 heterocycles. The second kappa shape index (κ2) is 5.79. The monoisotopic (exact) mass is 291 g/mol. The van der Waals surface area contributed by atoms with Gasteiger partial charge in [-0.15, -0.1) is 11.3 Å². The Morgan fingerprint density at radius 3 is 2.80 bits per heavy atom. The van der Waals surface area contributed by atoms with Crippen LogP contribution in [0.4, 0.5) is 15.8 Å². The van der Waals surface area contributed by atoms with E-state index in [-0.39, 0.29) is 11.9 Å². The molecule has 1 atom stereocenters. The van der Waals surface area contributed by atoms with Crippen molar-refractivity contribution in [2.24, 2.45) is 0 Å². The van der Waals surface area contributed by atoms with Crippen LogP contribution in [0.15, 0.2) is 29.1 Å². The van der Waals surface area contributed by atoms with Crippen LogP contribution in [0, 0.1) is 5.82 Å². The lowest BCUT2D eigenvalue weighted by molar-refractivity contribution is 0.623. The van der Waals surface area contributed by atoms with Crippen LogP contribution in [-0.4, -0.2) is 18.1 Å². The normalized spacial score (nSPS) is 16.4. The van der Waals surface area contributed by atoms with Gasteiger partial charge >= 0.3 is 0 Å². The molecule has 3 nitrogen and oxygen atoms in total. The van der Waals surface area contributed by atoms with Gasteiger partial charge in [0.15, 0.2) is 0 Å². The zero-order valence-electron chi connectivity index (χ0n) is 11.5. The van der Waals surface area contributed by atoms with Gasteiger partial charge in [0.05, 0.1) is 22.9 Å². The quantitative estimate of drug-likeness (QED) is 0.921. The lowest BCUT2D eigenvalue weighted by Gasteiger charge is -2.20. The number of nitrogens with one attached hydrogen (secondary N) is 1. The molecule has 3 rings (SSSR count). The average molecular weight is 291 g/mol. The first-order chi connectivity index (χ1) is 9.74. The van der Waals surface area contributed by atoms with Gasteiger partial charge in [0.25, 0.3) is 0 Å². The van der Waals surface area contributed by atoms with Gasteiger partial charge in [-0.25, -0.2) is 9.37 Å². The Kier molecular flexibility index (Phi) is 3.87. The van der Waals surface area contributed by atoms with Crippen LogP contribution in [-0.2, 0) is 0 Å². The second-order valence-electron chi connectivity index (χ2n) is 5.14. The third kappa shape index (κ3) is 2.77. The fraction of sp³-hybridized carbons (Fsp3) is 0.400. The molecule has 20 heavy (non-hydrogen) atoms. The highest BCUT2D eigenvalue weighted by Gasteiger charge is 2.16. The summed E-state index contributed by atoms with van der Waals surface area (Å²) >= 11 is 1.57. The van der Waals surface area contributed by atoms with Crippen LogP contribution >= 0.6 is 11.3 Å². The number of aromatic nitrogens is 1. The van der Waals surface area contributed by atoms with Gasteiger partial charge in [0.2, 0.25) is 0 Å². The highest BCUT2D eigenvalue weighted by atomic mass is 32.1. The highest BCUT2D eigenvalue weighted by Crippen LogP contribution is 2.27. The summed E-state index contributed by atoms with van der Waals surface area (Å²) in [6.45, 7) is 3.94. The zero-order chi connectivity index (χ0) is 13.9. The van der Waals surface area contributed by atoms with Crippen molar-refractivity contribution in [1.29, 1.82) is 0 Å². The molecule has 2 aromatic rings. The molecule has 1 aliphatic rings. The van der Waals surface area contributed by atoms with Crippen molar-refractivity contribution in [1.82, 2.24) is 4.98 Å². The van der Waals surface area contributed by atoms with Crippen molar-refractivity contribution in [3.8, 4) is 0 Å². The molecule has 0 bridgehead atoms. The number of thiazole rings is 1. The molecule has 1 aliphatic heterocycles. The lowest BCUT2D eigenvalue weighted by Crippen LogP contribution is -2.19. The number of nitrogens with zero attached hydrogens (tertiary/aromatic N) is 2. The molecule has 0 saturated carbocycles. The Morgan fingerprint density at radius 2 is 2.15 bits per heavy atom.